The number of hydrogen-bond acceptors (Lipinski definition) is 6. The molecule has 1 aliphatic heterocycles. The molecule has 3 aromatic heterocycles. The van der Waals surface area contributed by atoms with E-state index in [2.05, 4.69) is 32.6 Å². The summed E-state index contributed by atoms with van der Waals surface area (Å²) in [4.78, 5) is 3.97. The van der Waals surface area contributed by atoms with Crippen molar-refractivity contribution >= 4 is 23.1 Å². The zero-order chi connectivity index (χ0) is 14.9. The normalized spacial score (nSPS) is 15.1. The second-order valence-corrected chi connectivity index (χ2v) is 7.35. The van der Waals surface area contributed by atoms with Gasteiger partial charge in [-0.3, -0.25) is 4.90 Å². The summed E-state index contributed by atoms with van der Waals surface area (Å²) in [5.41, 5.74) is 1.47. The summed E-state index contributed by atoms with van der Waals surface area (Å²) in [5.74, 6) is 1.00. The van der Waals surface area contributed by atoms with Crippen molar-refractivity contribution in [3.05, 3.63) is 46.1 Å². The van der Waals surface area contributed by atoms with Crippen molar-refractivity contribution in [3.63, 3.8) is 0 Å². The summed E-state index contributed by atoms with van der Waals surface area (Å²) in [6, 6.07) is 6.31. The Morgan fingerprint density at radius 1 is 1.36 bits per heavy atom. The van der Waals surface area contributed by atoms with E-state index >= 15 is 0 Å². The third kappa shape index (κ3) is 2.84. The highest BCUT2D eigenvalue weighted by Gasteiger charge is 2.18. The lowest BCUT2D eigenvalue weighted by atomic mass is 10.1. The van der Waals surface area contributed by atoms with Crippen molar-refractivity contribution < 1.29 is 4.42 Å². The molecule has 0 spiro atoms. The molecule has 7 heteroatoms. The Kier molecular flexibility index (Phi) is 3.77. The van der Waals surface area contributed by atoms with Gasteiger partial charge < -0.3 is 8.98 Å². The molecule has 0 unspecified atom stereocenters. The maximum absolute atomic E-state index is 5.93. The fourth-order valence-corrected chi connectivity index (χ4v) is 4.25. The first-order valence-corrected chi connectivity index (χ1v) is 8.86. The molecule has 0 aromatic carbocycles. The predicted molar refractivity (Wildman–Crippen MR) is 86.0 cm³/mol. The van der Waals surface area contributed by atoms with Crippen molar-refractivity contribution in [1.82, 2.24) is 19.7 Å². The Balaban J connectivity index is 1.41. The van der Waals surface area contributed by atoms with Gasteiger partial charge in [0, 0.05) is 25.0 Å². The number of rotatable bonds is 4. The fraction of sp³-hybridized carbons (Fsp3) is 0.333. The van der Waals surface area contributed by atoms with E-state index in [-0.39, 0.29) is 0 Å². The Labute approximate surface area is 137 Å². The third-order valence-electron chi connectivity index (χ3n) is 3.76. The molecule has 22 heavy (non-hydrogen) atoms. The van der Waals surface area contributed by atoms with Crippen LogP contribution in [0.2, 0.25) is 0 Å². The summed E-state index contributed by atoms with van der Waals surface area (Å²) in [6.07, 6.45) is 2.84. The molecule has 0 saturated heterocycles. The van der Waals surface area contributed by atoms with Gasteiger partial charge in [0.1, 0.15) is 12.1 Å². The molecule has 114 valence electrons. The smallest absolute Gasteiger partial charge is 0.198 e. The fourth-order valence-electron chi connectivity index (χ4n) is 2.62. The van der Waals surface area contributed by atoms with Crippen LogP contribution >= 0.6 is 23.1 Å². The van der Waals surface area contributed by atoms with E-state index in [1.807, 2.05) is 29.0 Å². The van der Waals surface area contributed by atoms with Crippen molar-refractivity contribution in [3.8, 4) is 0 Å². The topological polar surface area (TPSA) is 47.1 Å². The number of thiophene rings is 1. The molecule has 3 aromatic rings. The Hall–Kier alpha value is -1.57. The van der Waals surface area contributed by atoms with Crippen LogP contribution in [0.25, 0.3) is 0 Å². The number of furan rings is 1. The summed E-state index contributed by atoms with van der Waals surface area (Å²) in [5, 5.41) is 11.8. The zero-order valence-electron chi connectivity index (χ0n) is 12.2. The maximum Gasteiger partial charge on any atom is 0.198 e. The third-order valence-corrected chi connectivity index (χ3v) is 5.76. The first-order chi connectivity index (χ1) is 10.8. The van der Waals surface area contributed by atoms with E-state index in [9.17, 15) is 0 Å². The van der Waals surface area contributed by atoms with Gasteiger partial charge in [0.05, 0.1) is 6.54 Å². The van der Waals surface area contributed by atoms with E-state index in [1.165, 1.54) is 22.2 Å². The zero-order valence-corrected chi connectivity index (χ0v) is 13.9. The van der Waals surface area contributed by atoms with Gasteiger partial charge in [-0.15, -0.1) is 21.5 Å². The number of aromatic nitrogens is 3. The molecular weight excluding hydrogens is 316 g/mol. The number of nitrogens with zero attached hydrogens (tertiary/aromatic N) is 4. The molecular formula is C15H16N4OS2. The SMILES string of the molecule is Cn1cnnc1Sc1ccc(CN2CCc3sccc3C2)o1. The van der Waals surface area contributed by atoms with Gasteiger partial charge in [0.2, 0.25) is 0 Å². The summed E-state index contributed by atoms with van der Waals surface area (Å²) in [7, 11) is 1.93. The first kappa shape index (κ1) is 14.0. The Morgan fingerprint density at radius 3 is 3.18 bits per heavy atom. The molecule has 0 N–H and O–H groups in total. The molecule has 1 aliphatic rings. The molecule has 5 nitrogen and oxygen atoms in total. The van der Waals surface area contributed by atoms with Crippen LogP contribution in [0.1, 0.15) is 16.2 Å². The standard InChI is InChI=1S/C15H16N4OS2/c1-18-10-16-17-15(18)22-14-3-2-12(20-14)9-19-6-4-13-11(8-19)5-7-21-13/h2-3,5,7,10H,4,6,8-9H2,1H3. The number of fused-ring (bicyclic) bond motifs is 1. The van der Waals surface area contributed by atoms with Gasteiger partial charge in [-0.25, -0.2) is 0 Å². The van der Waals surface area contributed by atoms with Crippen LogP contribution < -0.4 is 0 Å². The van der Waals surface area contributed by atoms with Crippen molar-refractivity contribution in [2.24, 2.45) is 7.05 Å². The highest BCUT2D eigenvalue weighted by molar-refractivity contribution is 7.99. The molecule has 0 saturated carbocycles. The molecule has 4 heterocycles. The van der Waals surface area contributed by atoms with Crippen LogP contribution in [0.4, 0.5) is 0 Å². The minimum Gasteiger partial charge on any atom is -0.453 e. The van der Waals surface area contributed by atoms with Gasteiger partial charge in [-0.1, -0.05) is 0 Å². The van der Waals surface area contributed by atoms with E-state index in [4.69, 9.17) is 4.42 Å². The van der Waals surface area contributed by atoms with E-state index in [1.54, 1.807) is 6.33 Å². The molecule has 0 bridgehead atoms. The van der Waals surface area contributed by atoms with Crippen molar-refractivity contribution in [2.45, 2.75) is 29.8 Å². The van der Waals surface area contributed by atoms with Crippen molar-refractivity contribution in [2.75, 3.05) is 6.54 Å². The highest BCUT2D eigenvalue weighted by Crippen LogP contribution is 2.29. The molecule has 0 amide bonds. The van der Waals surface area contributed by atoms with Gasteiger partial charge in [-0.2, -0.15) is 0 Å². The second-order valence-electron chi connectivity index (χ2n) is 5.38. The number of aryl methyl sites for hydroxylation is 1. The lowest BCUT2D eigenvalue weighted by molar-refractivity contribution is 0.221. The quantitative estimate of drug-likeness (QED) is 0.734. The highest BCUT2D eigenvalue weighted by atomic mass is 32.2. The van der Waals surface area contributed by atoms with Crippen LogP contribution in [0, 0.1) is 0 Å². The molecule has 0 aliphatic carbocycles. The van der Waals surface area contributed by atoms with Crippen molar-refractivity contribution in [1.29, 1.82) is 0 Å². The largest absolute Gasteiger partial charge is 0.453 e. The van der Waals surface area contributed by atoms with Gasteiger partial charge in [0.15, 0.2) is 10.2 Å². The monoisotopic (exact) mass is 332 g/mol. The number of hydrogen-bond donors (Lipinski definition) is 0. The van der Waals surface area contributed by atoms with Gasteiger partial charge in [0.25, 0.3) is 0 Å². The van der Waals surface area contributed by atoms with Gasteiger partial charge >= 0.3 is 0 Å². The lowest BCUT2D eigenvalue weighted by Gasteiger charge is -2.25. The minimum absolute atomic E-state index is 0.835. The Morgan fingerprint density at radius 2 is 2.32 bits per heavy atom. The van der Waals surface area contributed by atoms with Crippen LogP contribution in [0.3, 0.4) is 0 Å². The van der Waals surface area contributed by atoms with Crippen LogP contribution in [-0.4, -0.2) is 26.2 Å². The summed E-state index contributed by atoms with van der Waals surface area (Å²) >= 11 is 3.37. The lowest BCUT2D eigenvalue weighted by Crippen LogP contribution is -2.28. The molecule has 4 rings (SSSR count). The average molecular weight is 332 g/mol. The van der Waals surface area contributed by atoms with E-state index in [0.29, 0.717) is 0 Å². The van der Waals surface area contributed by atoms with E-state index < -0.39 is 0 Å². The molecule has 0 fully saturated rings. The van der Waals surface area contributed by atoms with Gasteiger partial charge in [-0.05, 0) is 47.3 Å². The molecule has 0 radical (unpaired) electrons. The first-order valence-electron chi connectivity index (χ1n) is 7.16. The minimum atomic E-state index is 0.835. The van der Waals surface area contributed by atoms with E-state index in [0.717, 1.165) is 42.1 Å². The van der Waals surface area contributed by atoms with Crippen LogP contribution in [0.15, 0.2) is 44.6 Å². The predicted octanol–water partition coefficient (Wildman–Crippen LogP) is 3.18. The Bertz CT molecular complexity index is 776. The average Bonchev–Trinajstić information content (AvgIpc) is 3.22. The van der Waals surface area contributed by atoms with Crippen LogP contribution in [-0.2, 0) is 26.6 Å². The summed E-state index contributed by atoms with van der Waals surface area (Å²) < 4.78 is 7.81. The second kappa shape index (κ2) is 5.91. The molecule has 0 atom stereocenters. The maximum atomic E-state index is 5.93. The van der Waals surface area contributed by atoms with Crippen LogP contribution in [0.5, 0.6) is 0 Å². The summed E-state index contributed by atoms with van der Waals surface area (Å²) in [6.45, 7) is 2.97.